The SMILES string of the molecule is CCCCCCCCCCCCCC=CC(O)C(CO[C@@H]1O[C@H](CO)[C@H](O)[C@H](O)[C@H]1O)NC(=O)CCCCCCCCCCCCCCCCCCC. The number of amides is 1. The standard InChI is InChI=1S/C44H85NO8/c1-3-5-7-9-11-13-15-17-18-19-20-22-24-26-28-30-32-34-40(48)45-37(36-52-44-43(51)42(50)41(49)39(35-46)53-44)38(47)33-31-29-27-25-23-21-16-14-12-10-8-6-4-2/h31,33,37-39,41-44,46-47,49-51H,3-30,32,34-36H2,1-2H3,(H,45,48)/t37?,38?,39-,41+,42+,43-,44-/m1/s1. The van der Waals surface area contributed by atoms with E-state index < -0.39 is 49.5 Å². The third-order valence-electron chi connectivity index (χ3n) is 10.9. The Balaban J connectivity index is 2.35. The van der Waals surface area contributed by atoms with Crippen LogP contribution in [0.1, 0.15) is 206 Å². The Morgan fingerprint density at radius 2 is 1.04 bits per heavy atom. The second-order valence-corrected chi connectivity index (χ2v) is 15.9. The molecule has 9 nitrogen and oxygen atoms in total. The highest BCUT2D eigenvalue weighted by Crippen LogP contribution is 2.23. The molecule has 53 heavy (non-hydrogen) atoms. The molecule has 0 bridgehead atoms. The summed E-state index contributed by atoms with van der Waals surface area (Å²) in [5.74, 6) is -0.175. The van der Waals surface area contributed by atoms with Gasteiger partial charge in [0, 0.05) is 6.42 Å². The fourth-order valence-corrected chi connectivity index (χ4v) is 7.21. The first-order valence-electron chi connectivity index (χ1n) is 22.4. The lowest BCUT2D eigenvalue weighted by atomic mass is 9.99. The van der Waals surface area contributed by atoms with Gasteiger partial charge in [0.15, 0.2) is 6.29 Å². The number of aliphatic hydroxyl groups is 5. The number of carbonyl (C=O) groups is 1. The molecule has 1 saturated heterocycles. The fraction of sp³-hybridized carbons (Fsp3) is 0.932. The van der Waals surface area contributed by atoms with Gasteiger partial charge in [-0.1, -0.05) is 193 Å². The van der Waals surface area contributed by atoms with E-state index in [4.69, 9.17) is 9.47 Å². The molecule has 0 aromatic rings. The van der Waals surface area contributed by atoms with Crippen LogP contribution in [-0.2, 0) is 14.3 Å². The molecule has 0 spiro atoms. The summed E-state index contributed by atoms with van der Waals surface area (Å²) in [5.41, 5.74) is 0. The Bertz CT molecular complexity index is 842. The molecule has 9 heteroatoms. The summed E-state index contributed by atoms with van der Waals surface area (Å²) >= 11 is 0. The maximum atomic E-state index is 12.9. The zero-order valence-electron chi connectivity index (χ0n) is 34.3. The molecule has 0 saturated carbocycles. The third kappa shape index (κ3) is 26.4. The Hall–Kier alpha value is -1.07. The molecular formula is C44H85NO8. The molecule has 1 rings (SSSR count). The number of aliphatic hydroxyl groups excluding tert-OH is 5. The molecular weight excluding hydrogens is 670 g/mol. The van der Waals surface area contributed by atoms with Gasteiger partial charge in [-0.05, 0) is 19.3 Å². The second kappa shape index (κ2) is 35.4. The van der Waals surface area contributed by atoms with E-state index in [1.807, 2.05) is 6.08 Å². The Kier molecular flexibility index (Phi) is 33.3. The average Bonchev–Trinajstić information content (AvgIpc) is 3.16. The van der Waals surface area contributed by atoms with Crippen molar-refractivity contribution >= 4 is 5.91 Å². The first kappa shape index (κ1) is 49.9. The van der Waals surface area contributed by atoms with Gasteiger partial charge in [0.2, 0.25) is 5.91 Å². The summed E-state index contributed by atoms with van der Waals surface area (Å²) in [6.45, 7) is 3.77. The van der Waals surface area contributed by atoms with Crippen LogP contribution in [0.4, 0.5) is 0 Å². The van der Waals surface area contributed by atoms with E-state index in [0.717, 1.165) is 38.5 Å². The van der Waals surface area contributed by atoms with Crippen LogP contribution >= 0.6 is 0 Å². The zero-order chi connectivity index (χ0) is 38.8. The lowest BCUT2D eigenvalue weighted by molar-refractivity contribution is -0.302. The number of carbonyl (C=O) groups excluding carboxylic acids is 1. The molecule has 0 aromatic heterocycles. The maximum absolute atomic E-state index is 12.9. The Morgan fingerprint density at radius 1 is 0.623 bits per heavy atom. The molecule has 7 atom stereocenters. The predicted molar refractivity (Wildman–Crippen MR) is 217 cm³/mol. The van der Waals surface area contributed by atoms with Crippen LogP contribution in [0, 0.1) is 0 Å². The maximum Gasteiger partial charge on any atom is 0.220 e. The van der Waals surface area contributed by atoms with Crippen molar-refractivity contribution in [1.29, 1.82) is 0 Å². The number of ether oxygens (including phenoxy) is 2. The molecule has 1 amide bonds. The van der Waals surface area contributed by atoms with E-state index in [2.05, 4.69) is 19.2 Å². The molecule has 1 heterocycles. The first-order valence-corrected chi connectivity index (χ1v) is 22.4. The summed E-state index contributed by atoms with van der Waals surface area (Å²) in [6, 6.07) is -0.797. The fourth-order valence-electron chi connectivity index (χ4n) is 7.21. The van der Waals surface area contributed by atoms with Crippen molar-refractivity contribution in [3.63, 3.8) is 0 Å². The minimum absolute atomic E-state index is 0.175. The van der Waals surface area contributed by atoms with Gasteiger partial charge in [0.05, 0.1) is 25.4 Å². The highest BCUT2D eigenvalue weighted by Gasteiger charge is 2.44. The minimum Gasteiger partial charge on any atom is -0.394 e. The van der Waals surface area contributed by atoms with E-state index in [-0.39, 0.29) is 12.5 Å². The summed E-state index contributed by atoms with van der Waals surface area (Å²) in [7, 11) is 0. The highest BCUT2D eigenvalue weighted by atomic mass is 16.7. The number of unbranched alkanes of at least 4 members (excludes halogenated alkanes) is 27. The van der Waals surface area contributed by atoms with Gasteiger partial charge >= 0.3 is 0 Å². The van der Waals surface area contributed by atoms with Crippen molar-refractivity contribution in [2.24, 2.45) is 0 Å². The Morgan fingerprint density at radius 3 is 1.47 bits per heavy atom. The average molecular weight is 756 g/mol. The molecule has 1 fully saturated rings. The van der Waals surface area contributed by atoms with Crippen LogP contribution in [0.2, 0.25) is 0 Å². The van der Waals surface area contributed by atoms with E-state index in [9.17, 15) is 30.3 Å². The third-order valence-corrected chi connectivity index (χ3v) is 10.9. The van der Waals surface area contributed by atoms with Gasteiger partial charge in [-0.3, -0.25) is 4.79 Å². The molecule has 314 valence electrons. The van der Waals surface area contributed by atoms with Crippen LogP contribution in [-0.4, -0.2) is 87.5 Å². The van der Waals surface area contributed by atoms with Crippen molar-refractivity contribution < 1.29 is 39.8 Å². The second-order valence-electron chi connectivity index (χ2n) is 15.9. The highest BCUT2D eigenvalue weighted by molar-refractivity contribution is 5.76. The van der Waals surface area contributed by atoms with Crippen LogP contribution < -0.4 is 5.32 Å². The number of hydrogen-bond acceptors (Lipinski definition) is 8. The van der Waals surface area contributed by atoms with Crippen LogP contribution in [0.25, 0.3) is 0 Å². The zero-order valence-corrected chi connectivity index (χ0v) is 34.3. The van der Waals surface area contributed by atoms with E-state index in [1.54, 1.807) is 6.08 Å². The van der Waals surface area contributed by atoms with E-state index >= 15 is 0 Å². The van der Waals surface area contributed by atoms with Crippen LogP contribution in [0.15, 0.2) is 12.2 Å². The topological polar surface area (TPSA) is 149 Å². The van der Waals surface area contributed by atoms with Crippen molar-refractivity contribution in [3.05, 3.63) is 12.2 Å². The molecule has 6 N–H and O–H groups in total. The van der Waals surface area contributed by atoms with Gasteiger partial charge in [-0.15, -0.1) is 0 Å². The van der Waals surface area contributed by atoms with Crippen molar-refractivity contribution in [3.8, 4) is 0 Å². The summed E-state index contributed by atoms with van der Waals surface area (Å²) in [5, 5.41) is 54.1. The first-order chi connectivity index (χ1) is 25.8. The van der Waals surface area contributed by atoms with Crippen molar-refractivity contribution in [2.45, 2.75) is 249 Å². The van der Waals surface area contributed by atoms with E-state index in [1.165, 1.54) is 148 Å². The lowest BCUT2D eigenvalue weighted by Gasteiger charge is -2.40. The Labute approximate surface area is 325 Å². The minimum atomic E-state index is -1.56. The van der Waals surface area contributed by atoms with E-state index in [0.29, 0.717) is 6.42 Å². The predicted octanol–water partition coefficient (Wildman–Crippen LogP) is 8.95. The molecule has 1 aliphatic rings. The van der Waals surface area contributed by atoms with Crippen LogP contribution in [0.3, 0.4) is 0 Å². The van der Waals surface area contributed by atoms with Gasteiger partial charge in [-0.2, -0.15) is 0 Å². The molecule has 0 radical (unpaired) electrons. The summed E-state index contributed by atoms with van der Waals surface area (Å²) in [4.78, 5) is 12.9. The summed E-state index contributed by atoms with van der Waals surface area (Å²) < 4.78 is 11.2. The monoisotopic (exact) mass is 756 g/mol. The normalized spacial score (nSPS) is 21.7. The van der Waals surface area contributed by atoms with Crippen molar-refractivity contribution in [1.82, 2.24) is 5.32 Å². The number of allylic oxidation sites excluding steroid dienone is 1. The van der Waals surface area contributed by atoms with Crippen LogP contribution in [0.5, 0.6) is 0 Å². The quantitative estimate of drug-likeness (QED) is 0.0272. The number of hydrogen-bond donors (Lipinski definition) is 6. The van der Waals surface area contributed by atoms with Gasteiger partial charge in [0.25, 0.3) is 0 Å². The molecule has 2 unspecified atom stereocenters. The van der Waals surface area contributed by atoms with Gasteiger partial charge in [-0.25, -0.2) is 0 Å². The van der Waals surface area contributed by atoms with Crippen molar-refractivity contribution in [2.75, 3.05) is 13.2 Å². The smallest absolute Gasteiger partial charge is 0.220 e. The molecule has 1 aliphatic heterocycles. The molecule has 0 aromatic carbocycles. The largest absolute Gasteiger partial charge is 0.394 e. The lowest BCUT2D eigenvalue weighted by Crippen LogP contribution is -2.60. The number of rotatable bonds is 37. The van der Waals surface area contributed by atoms with Gasteiger partial charge in [0.1, 0.15) is 24.4 Å². The molecule has 0 aliphatic carbocycles. The summed E-state index contributed by atoms with van der Waals surface area (Å²) in [6.07, 6.45) is 32.5. The van der Waals surface area contributed by atoms with Gasteiger partial charge < -0.3 is 40.3 Å². The number of nitrogens with one attached hydrogen (secondary N) is 1.